The van der Waals surface area contributed by atoms with Crippen LogP contribution >= 0.6 is 11.3 Å². The molecule has 18 heavy (non-hydrogen) atoms. The van der Waals surface area contributed by atoms with E-state index in [0.717, 1.165) is 31.1 Å². The quantitative estimate of drug-likeness (QED) is 0.803. The second-order valence-corrected chi connectivity index (χ2v) is 7.11. The Labute approximate surface area is 113 Å². The van der Waals surface area contributed by atoms with Crippen LogP contribution in [0.25, 0.3) is 0 Å². The first-order valence-electron chi connectivity index (χ1n) is 7.17. The van der Waals surface area contributed by atoms with Gasteiger partial charge in [0.2, 0.25) is 0 Å². The summed E-state index contributed by atoms with van der Waals surface area (Å²) in [5, 5.41) is 8.44. The van der Waals surface area contributed by atoms with Gasteiger partial charge in [0.05, 0.1) is 5.01 Å². The molecule has 2 saturated heterocycles. The molecular formula is C14H23N3S. The molecule has 0 amide bonds. The molecule has 2 N–H and O–H groups in total. The molecule has 2 aliphatic heterocycles. The van der Waals surface area contributed by atoms with Crippen molar-refractivity contribution < 1.29 is 0 Å². The second-order valence-electron chi connectivity index (χ2n) is 5.79. The molecule has 4 heteroatoms. The molecule has 0 spiro atoms. The van der Waals surface area contributed by atoms with Crippen molar-refractivity contribution in [2.75, 3.05) is 6.54 Å². The maximum atomic E-state index is 4.28. The van der Waals surface area contributed by atoms with Gasteiger partial charge in [-0.05, 0) is 51.5 Å². The summed E-state index contributed by atoms with van der Waals surface area (Å²) >= 11 is 1.80. The average molecular weight is 265 g/mol. The van der Waals surface area contributed by atoms with Crippen LogP contribution in [0.1, 0.15) is 42.0 Å². The summed E-state index contributed by atoms with van der Waals surface area (Å²) in [5.41, 5.74) is 0. The van der Waals surface area contributed by atoms with Crippen molar-refractivity contribution in [3.05, 3.63) is 16.1 Å². The number of nitrogens with one attached hydrogen (secondary N) is 2. The van der Waals surface area contributed by atoms with Crippen LogP contribution in [0.2, 0.25) is 0 Å². The van der Waals surface area contributed by atoms with Gasteiger partial charge in [0, 0.05) is 29.7 Å². The number of piperidine rings is 1. The summed E-state index contributed by atoms with van der Waals surface area (Å²) < 4.78 is 0. The number of thiazole rings is 1. The van der Waals surface area contributed by atoms with Gasteiger partial charge in [-0.25, -0.2) is 4.98 Å². The smallest absolute Gasteiger partial charge is 0.0897 e. The molecule has 2 unspecified atom stereocenters. The van der Waals surface area contributed by atoms with Crippen LogP contribution < -0.4 is 10.6 Å². The topological polar surface area (TPSA) is 37.0 Å². The van der Waals surface area contributed by atoms with Crippen LogP contribution in [-0.4, -0.2) is 23.6 Å². The van der Waals surface area contributed by atoms with Crippen molar-refractivity contribution in [2.24, 2.45) is 5.92 Å². The highest BCUT2D eigenvalue weighted by atomic mass is 32.1. The SMILES string of the molecule is Cc1ncc(CNCCC2CC3CCC(C2)N3)s1. The monoisotopic (exact) mass is 265 g/mol. The summed E-state index contributed by atoms with van der Waals surface area (Å²) in [6.45, 7) is 4.21. The number of fused-ring (bicyclic) bond motifs is 2. The minimum absolute atomic E-state index is 0.831. The lowest BCUT2D eigenvalue weighted by molar-refractivity contribution is 0.283. The van der Waals surface area contributed by atoms with Crippen molar-refractivity contribution in [1.29, 1.82) is 0 Å². The maximum Gasteiger partial charge on any atom is 0.0897 e. The molecule has 3 rings (SSSR count). The number of aryl methyl sites for hydroxylation is 1. The predicted molar refractivity (Wildman–Crippen MR) is 75.8 cm³/mol. The first-order valence-corrected chi connectivity index (χ1v) is 7.99. The summed E-state index contributed by atoms with van der Waals surface area (Å²) in [7, 11) is 0. The zero-order chi connectivity index (χ0) is 12.4. The first kappa shape index (κ1) is 12.6. The Morgan fingerprint density at radius 1 is 1.39 bits per heavy atom. The van der Waals surface area contributed by atoms with Crippen LogP contribution in [0.5, 0.6) is 0 Å². The summed E-state index contributed by atoms with van der Waals surface area (Å²) in [6.07, 6.45) is 8.96. The molecular weight excluding hydrogens is 242 g/mol. The Bertz CT molecular complexity index is 378. The molecule has 100 valence electrons. The Morgan fingerprint density at radius 3 is 2.83 bits per heavy atom. The molecule has 1 aromatic heterocycles. The van der Waals surface area contributed by atoms with Gasteiger partial charge < -0.3 is 10.6 Å². The van der Waals surface area contributed by atoms with Crippen molar-refractivity contribution in [3.63, 3.8) is 0 Å². The van der Waals surface area contributed by atoms with Gasteiger partial charge in [0.25, 0.3) is 0 Å². The third kappa shape index (κ3) is 3.11. The number of nitrogens with zero attached hydrogens (tertiary/aromatic N) is 1. The summed E-state index contributed by atoms with van der Waals surface area (Å²) in [6, 6.07) is 1.66. The van der Waals surface area contributed by atoms with Crippen molar-refractivity contribution >= 4 is 11.3 Å². The summed E-state index contributed by atoms with van der Waals surface area (Å²) in [5.74, 6) is 0.944. The molecule has 2 bridgehead atoms. The molecule has 0 aromatic carbocycles. The fourth-order valence-corrected chi connectivity index (χ4v) is 4.18. The van der Waals surface area contributed by atoms with Gasteiger partial charge in [0.1, 0.15) is 0 Å². The molecule has 2 fully saturated rings. The fraction of sp³-hybridized carbons (Fsp3) is 0.786. The number of hydrogen-bond acceptors (Lipinski definition) is 4. The normalized spacial score (nSPS) is 30.8. The standard InChI is InChI=1S/C14H23N3S/c1-10-16-9-14(18-10)8-15-5-4-11-6-12-2-3-13(7-11)17-12/h9,11-13,15,17H,2-8H2,1H3. The molecule has 0 radical (unpaired) electrons. The number of aromatic nitrogens is 1. The maximum absolute atomic E-state index is 4.28. The van der Waals surface area contributed by atoms with Crippen LogP contribution in [0.15, 0.2) is 6.20 Å². The second kappa shape index (κ2) is 5.68. The molecule has 3 heterocycles. The Morgan fingerprint density at radius 2 is 2.17 bits per heavy atom. The number of hydrogen-bond donors (Lipinski definition) is 2. The van der Waals surface area contributed by atoms with Crippen LogP contribution in [-0.2, 0) is 6.54 Å². The van der Waals surface area contributed by atoms with Crippen LogP contribution in [0, 0.1) is 12.8 Å². The third-order valence-electron chi connectivity index (χ3n) is 4.27. The molecule has 2 atom stereocenters. The Hall–Kier alpha value is -0.450. The molecule has 2 aliphatic rings. The van der Waals surface area contributed by atoms with E-state index in [9.17, 15) is 0 Å². The highest BCUT2D eigenvalue weighted by Gasteiger charge is 2.32. The van der Waals surface area contributed by atoms with Crippen molar-refractivity contribution in [1.82, 2.24) is 15.6 Å². The fourth-order valence-electron chi connectivity index (χ4n) is 3.42. The third-order valence-corrected chi connectivity index (χ3v) is 5.18. The van der Waals surface area contributed by atoms with Crippen LogP contribution in [0.3, 0.4) is 0 Å². The van der Waals surface area contributed by atoms with Gasteiger partial charge in [-0.15, -0.1) is 11.3 Å². The highest BCUT2D eigenvalue weighted by molar-refractivity contribution is 7.11. The lowest BCUT2D eigenvalue weighted by Gasteiger charge is -2.29. The molecule has 3 nitrogen and oxygen atoms in total. The molecule has 0 aliphatic carbocycles. The minimum Gasteiger partial charge on any atom is -0.312 e. The zero-order valence-corrected chi connectivity index (χ0v) is 11.9. The minimum atomic E-state index is 0.831. The first-order chi connectivity index (χ1) is 8.79. The van der Waals surface area contributed by atoms with Crippen molar-refractivity contribution in [2.45, 2.75) is 57.7 Å². The predicted octanol–water partition coefficient (Wildman–Crippen LogP) is 2.46. The van der Waals surface area contributed by atoms with E-state index in [-0.39, 0.29) is 0 Å². The van der Waals surface area contributed by atoms with E-state index < -0.39 is 0 Å². The highest BCUT2D eigenvalue weighted by Crippen LogP contribution is 2.32. The van der Waals surface area contributed by atoms with E-state index >= 15 is 0 Å². The van der Waals surface area contributed by atoms with Crippen LogP contribution in [0.4, 0.5) is 0 Å². The van der Waals surface area contributed by atoms with Gasteiger partial charge in [-0.2, -0.15) is 0 Å². The summed E-state index contributed by atoms with van der Waals surface area (Å²) in [4.78, 5) is 5.64. The Kier molecular flexibility index (Phi) is 3.97. The van der Waals surface area contributed by atoms with E-state index in [4.69, 9.17) is 0 Å². The largest absolute Gasteiger partial charge is 0.312 e. The average Bonchev–Trinajstić information content (AvgIpc) is 2.91. The van der Waals surface area contributed by atoms with Gasteiger partial charge in [0.15, 0.2) is 0 Å². The lowest BCUT2D eigenvalue weighted by Crippen LogP contribution is -2.38. The van der Waals surface area contributed by atoms with Gasteiger partial charge >= 0.3 is 0 Å². The van der Waals surface area contributed by atoms with E-state index in [0.29, 0.717) is 0 Å². The van der Waals surface area contributed by atoms with Gasteiger partial charge in [-0.3, -0.25) is 0 Å². The van der Waals surface area contributed by atoms with E-state index in [1.54, 1.807) is 11.3 Å². The molecule has 1 aromatic rings. The van der Waals surface area contributed by atoms with E-state index in [1.165, 1.54) is 42.0 Å². The van der Waals surface area contributed by atoms with E-state index in [1.807, 2.05) is 6.20 Å². The van der Waals surface area contributed by atoms with Gasteiger partial charge in [-0.1, -0.05) is 0 Å². The molecule has 0 saturated carbocycles. The van der Waals surface area contributed by atoms with Crippen molar-refractivity contribution in [3.8, 4) is 0 Å². The lowest BCUT2D eigenvalue weighted by atomic mass is 9.90. The Balaban J connectivity index is 1.35. The number of rotatable bonds is 5. The zero-order valence-electron chi connectivity index (χ0n) is 11.1. The van der Waals surface area contributed by atoms with E-state index in [2.05, 4.69) is 22.5 Å².